The SMILES string of the molecule is NC(=O)C(CNC(=O)C1(c2cccc(F)c2)CCCCC1)Cc1ccc(F)cc1. The molecule has 0 radical (unpaired) electrons. The Morgan fingerprint density at radius 1 is 1.00 bits per heavy atom. The highest BCUT2D eigenvalue weighted by Gasteiger charge is 2.41. The molecule has 1 atom stereocenters. The van der Waals surface area contributed by atoms with Crippen molar-refractivity contribution in [2.24, 2.45) is 11.7 Å². The van der Waals surface area contributed by atoms with Gasteiger partial charge < -0.3 is 11.1 Å². The van der Waals surface area contributed by atoms with Crippen molar-refractivity contribution < 1.29 is 18.4 Å². The Morgan fingerprint density at radius 3 is 2.31 bits per heavy atom. The van der Waals surface area contributed by atoms with Crippen LogP contribution in [0.3, 0.4) is 0 Å². The number of nitrogens with two attached hydrogens (primary N) is 1. The third-order valence-electron chi connectivity index (χ3n) is 5.83. The summed E-state index contributed by atoms with van der Waals surface area (Å²) < 4.78 is 26.9. The average Bonchev–Trinajstić information content (AvgIpc) is 2.72. The molecule has 1 aliphatic rings. The molecule has 4 nitrogen and oxygen atoms in total. The summed E-state index contributed by atoms with van der Waals surface area (Å²) in [4.78, 5) is 25.1. The lowest BCUT2D eigenvalue weighted by Gasteiger charge is -2.36. The second-order valence-electron chi connectivity index (χ2n) is 7.79. The molecule has 154 valence electrons. The molecule has 2 aromatic rings. The highest BCUT2D eigenvalue weighted by atomic mass is 19.1. The molecule has 1 aliphatic carbocycles. The van der Waals surface area contributed by atoms with Crippen LogP contribution in [0, 0.1) is 17.6 Å². The minimum atomic E-state index is -0.793. The number of hydrogen-bond acceptors (Lipinski definition) is 2. The van der Waals surface area contributed by atoms with Crippen LogP contribution in [0.5, 0.6) is 0 Å². The fraction of sp³-hybridized carbons (Fsp3) is 0.391. The Labute approximate surface area is 169 Å². The van der Waals surface area contributed by atoms with Gasteiger partial charge in [-0.15, -0.1) is 0 Å². The minimum absolute atomic E-state index is 0.0859. The first kappa shape index (κ1) is 21.0. The summed E-state index contributed by atoms with van der Waals surface area (Å²) in [6.07, 6.45) is 4.40. The van der Waals surface area contributed by atoms with Gasteiger partial charge in [0.2, 0.25) is 11.8 Å². The number of primary amides is 1. The van der Waals surface area contributed by atoms with Gasteiger partial charge in [0.05, 0.1) is 11.3 Å². The molecule has 2 amide bonds. The Balaban J connectivity index is 1.74. The van der Waals surface area contributed by atoms with Crippen molar-refractivity contribution in [2.75, 3.05) is 6.54 Å². The Morgan fingerprint density at radius 2 is 1.69 bits per heavy atom. The highest BCUT2D eigenvalue weighted by molar-refractivity contribution is 5.89. The predicted octanol–water partition coefficient (Wildman–Crippen LogP) is 3.63. The van der Waals surface area contributed by atoms with E-state index in [0.29, 0.717) is 24.8 Å². The lowest BCUT2D eigenvalue weighted by atomic mass is 9.68. The van der Waals surface area contributed by atoms with Crippen LogP contribution in [0.1, 0.15) is 43.2 Å². The second-order valence-corrected chi connectivity index (χ2v) is 7.79. The van der Waals surface area contributed by atoms with Crippen molar-refractivity contribution in [3.05, 3.63) is 71.3 Å². The fourth-order valence-electron chi connectivity index (χ4n) is 4.15. The molecule has 2 aromatic carbocycles. The number of carbonyl (C=O) groups excluding carboxylic acids is 2. The summed E-state index contributed by atoms with van der Waals surface area (Å²) in [7, 11) is 0. The average molecular weight is 400 g/mol. The third-order valence-corrected chi connectivity index (χ3v) is 5.83. The van der Waals surface area contributed by atoms with Gasteiger partial charge in [-0.25, -0.2) is 8.78 Å². The van der Waals surface area contributed by atoms with Gasteiger partial charge in [0.15, 0.2) is 0 Å². The zero-order valence-corrected chi connectivity index (χ0v) is 16.3. The Hall–Kier alpha value is -2.76. The summed E-state index contributed by atoms with van der Waals surface area (Å²) in [6.45, 7) is 0.0859. The number of amides is 2. The second kappa shape index (κ2) is 9.16. The summed E-state index contributed by atoms with van der Waals surface area (Å²) in [6, 6.07) is 12.1. The fourth-order valence-corrected chi connectivity index (χ4v) is 4.15. The molecular weight excluding hydrogens is 374 g/mol. The van der Waals surface area contributed by atoms with Gasteiger partial charge in [0.1, 0.15) is 11.6 Å². The number of benzene rings is 2. The molecule has 1 fully saturated rings. The first-order valence-corrected chi connectivity index (χ1v) is 9.99. The van der Waals surface area contributed by atoms with Crippen molar-refractivity contribution in [3.8, 4) is 0 Å². The van der Waals surface area contributed by atoms with Gasteiger partial charge in [-0.3, -0.25) is 9.59 Å². The Bertz CT molecular complexity index is 861. The van der Waals surface area contributed by atoms with Crippen LogP contribution in [0.4, 0.5) is 8.78 Å². The number of halogens is 2. The molecule has 1 unspecified atom stereocenters. The predicted molar refractivity (Wildman–Crippen MR) is 107 cm³/mol. The number of rotatable bonds is 7. The molecule has 3 rings (SSSR count). The van der Waals surface area contributed by atoms with Crippen molar-refractivity contribution in [3.63, 3.8) is 0 Å². The highest BCUT2D eigenvalue weighted by Crippen LogP contribution is 2.40. The van der Waals surface area contributed by atoms with Crippen LogP contribution in [0.15, 0.2) is 48.5 Å². The van der Waals surface area contributed by atoms with Gasteiger partial charge in [0, 0.05) is 6.54 Å². The molecule has 6 heteroatoms. The van der Waals surface area contributed by atoms with Crippen LogP contribution in [-0.2, 0) is 21.4 Å². The monoisotopic (exact) mass is 400 g/mol. The zero-order valence-electron chi connectivity index (χ0n) is 16.3. The standard InChI is InChI=1S/C23H26F2N2O2/c24-19-9-7-16(8-10-19)13-17(21(26)28)15-27-22(29)23(11-2-1-3-12-23)18-5-4-6-20(25)14-18/h4-10,14,17H,1-3,11-13,15H2,(H2,26,28)(H,27,29). The first-order chi connectivity index (χ1) is 13.9. The van der Waals surface area contributed by atoms with E-state index in [9.17, 15) is 18.4 Å². The largest absolute Gasteiger partial charge is 0.369 e. The van der Waals surface area contributed by atoms with E-state index in [0.717, 1.165) is 24.8 Å². The number of carbonyl (C=O) groups is 2. The third kappa shape index (κ3) is 5.00. The maximum absolute atomic E-state index is 13.8. The van der Waals surface area contributed by atoms with Crippen LogP contribution in [0.25, 0.3) is 0 Å². The van der Waals surface area contributed by atoms with Crippen LogP contribution in [-0.4, -0.2) is 18.4 Å². The molecule has 0 aliphatic heterocycles. The van der Waals surface area contributed by atoms with E-state index >= 15 is 0 Å². The van der Waals surface area contributed by atoms with E-state index in [1.54, 1.807) is 24.3 Å². The summed E-state index contributed by atoms with van der Waals surface area (Å²) in [5, 5.41) is 2.89. The topological polar surface area (TPSA) is 72.2 Å². The molecule has 0 spiro atoms. The van der Waals surface area contributed by atoms with Crippen molar-refractivity contribution in [1.82, 2.24) is 5.32 Å². The van der Waals surface area contributed by atoms with E-state index in [1.807, 2.05) is 0 Å². The van der Waals surface area contributed by atoms with Gasteiger partial charge in [-0.2, -0.15) is 0 Å². The smallest absolute Gasteiger partial charge is 0.230 e. The van der Waals surface area contributed by atoms with Crippen LogP contribution in [0.2, 0.25) is 0 Å². The molecule has 29 heavy (non-hydrogen) atoms. The molecule has 0 aromatic heterocycles. The zero-order chi connectivity index (χ0) is 20.9. The molecule has 3 N–H and O–H groups in total. The van der Waals surface area contributed by atoms with Gasteiger partial charge in [0.25, 0.3) is 0 Å². The van der Waals surface area contributed by atoms with E-state index < -0.39 is 17.2 Å². The van der Waals surface area contributed by atoms with E-state index in [2.05, 4.69) is 5.32 Å². The molecule has 0 heterocycles. The lowest BCUT2D eigenvalue weighted by Crippen LogP contribution is -2.48. The Kier molecular flexibility index (Phi) is 6.62. The summed E-state index contributed by atoms with van der Waals surface area (Å²) >= 11 is 0. The lowest BCUT2D eigenvalue weighted by molar-refractivity contribution is -0.128. The van der Waals surface area contributed by atoms with E-state index in [1.165, 1.54) is 24.3 Å². The minimum Gasteiger partial charge on any atom is -0.369 e. The van der Waals surface area contributed by atoms with E-state index in [-0.39, 0.29) is 24.1 Å². The van der Waals surface area contributed by atoms with Crippen molar-refractivity contribution in [1.29, 1.82) is 0 Å². The van der Waals surface area contributed by atoms with Crippen LogP contribution >= 0.6 is 0 Å². The number of hydrogen-bond donors (Lipinski definition) is 2. The maximum atomic E-state index is 13.8. The molecule has 0 saturated heterocycles. The van der Waals surface area contributed by atoms with Crippen molar-refractivity contribution >= 4 is 11.8 Å². The van der Waals surface area contributed by atoms with Crippen molar-refractivity contribution in [2.45, 2.75) is 43.9 Å². The summed E-state index contributed by atoms with van der Waals surface area (Å²) in [5.41, 5.74) is 6.17. The van der Waals surface area contributed by atoms with Gasteiger partial charge in [-0.05, 0) is 54.7 Å². The summed E-state index contributed by atoms with van der Waals surface area (Å²) in [5.74, 6) is -2.07. The molecule has 1 saturated carbocycles. The van der Waals surface area contributed by atoms with Crippen LogP contribution < -0.4 is 11.1 Å². The van der Waals surface area contributed by atoms with Gasteiger partial charge >= 0.3 is 0 Å². The number of nitrogens with one attached hydrogen (secondary N) is 1. The molecule has 0 bridgehead atoms. The van der Waals surface area contributed by atoms with E-state index in [4.69, 9.17) is 5.73 Å². The molecular formula is C23H26F2N2O2. The van der Waals surface area contributed by atoms with Gasteiger partial charge in [-0.1, -0.05) is 43.5 Å². The quantitative estimate of drug-likeness (QED) is 0.745. The first-order valence-electron chi connectivity index (χ1n) is 9.99. The normalized spacial score (nSPS) is 16.8. The maximum Gasteiger partial charge on any atom is 0.230 e.